The average molecular weight is 239 g/mol. The zero-order valence-corrected chi connectivity index (χ0v) is 9.57. The van der Waals surface area contributed by atoms with Gasteiger partial charge in [-0.2, -0.15) is 11.8 Å². The highest BCUT2D eigenvalue weighted by Crippen LogP contribution is 2.32. The van der Waals surface area contributed by atoms with E-state index in [1.165, 1.54) is 10.6 Å². The van der Waals surface area contributed by atoms with Gasteiger partial charge in [0.05, 0.1) is 0 Å². The fraction of sp³-hybridized carbons (Fsp3) is 0.455. The molecule has 86 valence electrons. The van der Waals surface area contributed by atoms with E-state index in [-0.39, 0.29) is 5.56 Å². The first-order valence-electron chi connectivity index (χ1n) is 5.16. The van der Waals surface area contributed by atoms with Crippen LogP contribution >= 0.6 is 11.8 Å². The van der Waals surface area contributed by atoms with Crippen molar-refractivity contribution in [3.8, 4) is 0 Å². The van der Waals surface area contributed by atoms with Gasteiger partial charge in [0, 0.05) is 18.0 Å². The number of aromatic nitrogens is 1. The summed E-state index contributed by atoms with van der Waals surface area (Å²) in [6, 6.07) is 4.74. The van der Waals surface area contributed by atoms with Crippen molar-refractivity contribution in [3.05, 3.63) is 34.7 Å². The molecule has 1 aromatic heterocycles. The van der Waals surface area contributed by atoms with Gasteiger partial charge in [-0.15, -0.1) is 0 Å². The molecule has 4 nitrogen and oxygen atoms in total. The second-order valence-corrected chi connectivity index (χ2v) is 5.01. The lowest BCUT2D eigenvalue weighted by Gasteiger charge is -2.34. The summed E-state index contributed by atoms with van der Waals surface area (Å²) in [4.78, 5) is 23.2. The lowest BCUT2D eigenvalue weighted by atomic mass is 9.95. The molecule has 0 saturated carbocycles. The molecule has 1 aliphatic heterocycles. The quantitative estimate of drug-likeness (QED) is 0.841. The van der Waals surface area contributed by atoms with E-state index >= 15 is 0 Å². The van der Waals surface area contributed by atoms with Gasteiger partial charge in [0.25, 0.3) is 5.56 Å². The van der Waals surface area contributed by atoms with E-state index < -0.39 is 11.5 Å². The second-order valence-electron chi connectivity index (χ2n) is 3.90. The summed E-state index contributed by atoms with van der Waals surface area (Å²) in [5.74, 6) is 0.524. The van der Waals surface area contributed by atoms with Gasteiger partial charge in [0.15, 0.2) is 5.54 Å². The van der Waals surface area contributed by atoms with Crippen LogP contribution in [0.15, 0.2) is 29.2 Å². The highest BCUT2D eigenvalue weighted by Gasteiger charge is 2.42. The molecule has 0 radical (unpaired) electrons. The summed E-state index contributed by atoms with van der Waals surface area (Å²) in [6.45, 7) is 0. The minimum absolute atomic E-state index is 0.243. The van der Waals surface area contributed by atoms with Gasteiger partial charge in [0.1, 0.15) is 0 Å². The third-order valence-corrected chi connectivity index (χ3v) is 4.16. The number of carboxylic acids is 1. The maximum Gasteiger partial charge on any atom is 0.330 e. The maximum atomic E-state index is 11.7. The molecule has 2 heterocycles. The molecule has 1 N–H and O–H groups in total. The highest BCUT2D eigenvalue weighted by molar-refractivity contribution is 7.99. The second kappa shape index (κ2) is 4.33. The van der Waals surface area contributed by atoms with E-state index in [1.54, 1.807) is 30.1 Å². The molecule has 0 aliphatic carbocycles. The Labute approximate surface area is 97.3 Å². The Morgan fingerprint density at radius 2 is 2.31 bits per heavy atom. The SMILES string of the molecule is O=C(O)C1(n2ccccc2=O)CCCSC1. The van der Waals surface area contributed by atoms with Crippen LogP contribution in [-0.2, 0) is 10.3 Å². The first kappa shape index (κ1) is 11.3. The van der Waals surface area contributed by atoms with Crippen molar-refractivity contribution in [2.75, 3.05) is 11.5 Å². The molecule has 2 rings (SSSR count). The van der Waals surface area contributed by atoms with Crippen LogP contribution in [0.2, 0.25) is 0 Å². The summed E-state index contributed by atoms with van der Waals surface area (Å²) in [7, 11) is 0. The molecule has 0 aromatic carbocycles. The van der Waals surface area contributed by atoms with Gasteiger partial charge in [-0.3, -0.25) is 9.36 Å². The van der Waals surface area contributed by atoms with Crippen molar-refractivity contribution < 1.29 is 9.90 Å². The molecular weight excluding hydrogens is 226 g/mol. The number of carboxylic acid groups (broad SMARTS) is 1. The number of carbonyl (C=O) groups is 1. The molecule has 1 fully saturated rings. The van der Waals surface area contributed by atoms with Crippen LogP contribution in [0.5, 0.6) is 0 Å². The molecule has 1 aliphatic rings. The average Bonchev–Trinajstić information content (AvgIpc) is 2.30. The van der Waals surface area contributed by atoms with Crippen molar-refractivity contribution in [2.24, 2.45) is 0 Å². The van der Waals surface area contributed by atoms with Crippen LogP contribution in [0, 0.1) is 0 Å². The topological polar surface area (TPSA) is 59.3 Å². The summed E-state index contributed by atoms with van der Waals surface area (Å²) in [5.41, 5.74) is -1.30. The summed E-state index contributed by atoms with van der Waals surface area (Å²) < 4.78 is 1.36. The molecule has 0 bridgehead atoms. The number of hydrogen-bond donors (Lipinski definition) is 1. The van der Waals surface area contributed by atoms with E-state index in [9.17, 15) is 14.7 Å². The van der Waals surface area contributed by atoms with E-state index in [4.69, 9.17) is 0 Å². The Hall–Kier alpha value is -1.23. The van der Waals surface area contributed by atoms with Crippen molar-refractivity contribution in [3.63, 3.8) is 0 Å². The zero-order valence-electron chi connectivity index (χ0n) is 8.76. The molecule has 16 heavy (non-hydrogen) atoms. The smallest absolute Gasteiger partial charge is 0.330 e. The van der Waals surface area contributed by atoms with E-state index in [0.29, 0.717) is 12.2 Å². The monoisotopic (exact) mass is 239 g/mol. The number of rotatable bonds is 2. The van der Waals surface area contributed by atoms with Gasteiger partial charge >= 0.3 is 5.97 Å². The number of thioether (sulfide) groups is 1. The van der Waals surface area contributed by atoms with Crippen LogP contribution in [0.4, 0.5) is 0 Å². The Bertz CT molecular complexity index is 449. The number of nitrogens with zero attached hydrogens (tertiary/aromatic N) is 1. The lowest BCUT2D eigenvalue weighted by Crippen LogP contribution is -2.50. The molecule has 5 heteroatoms. The predicted octanol–water partition coefficient (Wildman–Crippen LogP) is 1.16. The van der Waals surface area contributed by atoms with Gasteiger partial charge in [0.2, 0.25) is 0 Å². The van der Waals surface area contributed by atoms with Crippen LogP contribution in [0.1, 0.15) is 12.8 Å². The Morgan fingerprint density at radius 1 is 1.50 bits per heavy atom. The normalized spacial score (nSPS) is 25.2. The number of hydrogen-bond acceptors (Lipinski definition) is 3. The van der Waals surface area contributed by atoms with Crippen LogP contribution in [-0.4, -0.2) is 27.1 Å². The number of pyridine rings is 1. The van der Waals surface area contributed by atoms with Crippen molar-refractivity contribution >= 4 is 17.7 Å². The minimum atomic E-state index is -1.05. The largest absolute Gasteiger partial charge is 0.479 e. The standard InChI is InChI=1S/C11H13NO3S/c13-9-4-1-2-6-12(9)11(10(14)15)5-3-7-16-8-11/h1-2,4,6H,3,5,7-8H2,(H,14,15). The summed E-state index contributed by atoms with van der Waals surface area (Å²) >= 11 is 1.59. The minimum Gasteiger partial charge on any atom is -0.479 e. The maximum absolute atomic E-state index is 11.7. The Kier molecular flexibility index (Phi) is 3.05. The van der Waals surface area contributed by atoms with Crippen LogP contribution in [0.3, 0.4) is 0 Å². The molecule has 1 unspecified atom stereocenters. The molecule has 1 atom stereocenters. The molecule has 0 amide bonds. The third kappa shape index (κ3) is 1.75. The van der Waals surface area contributed by atoms with Crippen molar-refractivity contribution in [1.82, 2.24) is 4.57 Å². The summed E-state index contributed by atoms with van der Waals surface area (Å²) in [6.07, 6.45) is 2.93. The van der Waals surface area contributed by atoms with E-state index in [0.717, 1.165) is 12.2 Å². The predicted molar refractivity (Wildman–Crippen MR) is 62.9 cm³/mol. The van der Waals surface area contributed by atoms with Gasteiger partial charge in [-0.1, -0.05) is 6.07 Å². The van der Waals surface area contributed by atoms with Crippen molar-refractivity contribution in [2.45, 2.75) is 18.4 Å². The summed E-state index contributed by atoms with van der Waals surface area (Å²) in [5, 5.41) is 9.39. The van der Waals surface area contributed by atoms with E-state index in [2.05, 4.69) is 0 Å². The first-order chi connectivity index (χ1) is 7.67. The molecule has 0 spiro atoms. The number of aliphatic carboxylic acids is 1. The van der Waals surface area contributed by atoms with Gasteiger partial charge in [-0.25, -0.2) is 4.79 Å². The van der Waals surface area contributed by atoms with Gasteiger partial charge < -0.3 is 5.11 Å². The molecule has 1 aromatic rings. The van der Waals surface area contributed by atoms with Crippen molar-refractivity contribution in [1.29, 1.82) is 0 Å². The molecule has 1 saturated heterocycles. The lowest BCUT2D eigenvalue weighted by molar-refractivity contribution is -0.147. The van der Waals surface area contributed by atoms with Crippen LogP contribution in [0.25, 0.3) is 0 Å². The zero-order chi connectivity index (χ0) is 11.6. The van der Waals surface area contributed by atoms with E-state index in [1.807, 2.05) is 0 Å². The first-order valence-corrected chi connectivity index (χ1v) is 6.32. The van der Waals surface area contributed by atoms with Crippen LogP contribution < -0.4 is 5.56 Å². The van der Waals surface area contributed by atoms with Gasteiger partial charge in [-0.05, 0) is 24.7 Å². The Balaban J connectivity index is 2.51. The third-order valence-electron chi connectivity index (χ3n) is 2.90. The molecular formula is C11H13NO3S. The highest BCUT2D eigenvalue weighted by atomic mass is 32.2. The Morgan fingerprint density at radius 3 is 2.88 bits per heavy atom. The fourth-order valence-corrected chi connectivity index (χ4v) is 3.26. The fourth-order valence-electron chi connectivity index (χ4n) is 2.02.